The minimum atomic E-state index is -2.86. The zero-order valence-electron chi connectivity index (χ0n) is 7.58. The monoisotopic (exact) mass is 212 g/mol. The minimum Gasteiger partial charge on any atom is -0.435 e. The lowest BCUT2D eigenvalue weighted by Crippen LogP contribution is -2.01. The average molecular weight is 212 g/mol. The first-order valence-electron chi connectivity index (χ1n) is 4.29. The molecule has 78 valence electrons. The molecule has 0 atom stereocenters. The topological polar surface area (TPSA) is 9.23 Å². The van der Waals surface area contributed by atoms with Gasteiger partial charge in [0.05, 0.1) is 0 Å². The molecule has 0 aliphatic carbocycles. The van der Waals surface area contributed by atoms with E-state index >= 15 is 0 Å². The van der Waals surface area contributed by atoms with E-state index in [4.69, 9.17) is 0 Å². The van der Waals surface area contributed by atoms with E-state index in [-0.39, 0.29) is 5.75 Å². The van der Waals surface area contributed by atoms with Crippen LogP contribution in [0, 0.1) is 5.82 Å². The third kappa shape index (κ3) is 2.21. The number of rotatable bonds is 2. The molecule has 2 aromatic carbocycles. The van der Waals surface area contributed by atoms with Crippen molar-refractivity contribution in [2.75, 3.05) is 0 Å². The highest BCUT2D eigenvalue weighted by atomic mass is 19.3. The molecule has 0 unspecified atom stereocenters. The quantitative estimate of drug-likeness (QED) is 0.739. The molecule has 0 saturated carbocycles. The van der Waals surface area contributed by atoms with Crippen LogP contribution in [0.2, 0.25) is 0 Å². The Hall–Kier alpha value is -1.71. The summed E-state index contributed by atoms with van der Waals surface area (Å²) < 4.78 is 40.9. The summed E-state index contributed by atoms with van der Waals surface area (Å²) in [4.78, 5) is 0. The SMILES string of the molecule is Fc1ccc2ccc(OC(F)F)cc2c1. The lowest BCUT2D eigenvalue weighted by atomic mass is 10.1. The van der Waals surface area contributed by atoms with Crippen molar-refractivity contribution in [2.24, 2.45) is 0 Å². The van der Waals surface area contributed by atoms with Gasteiger partial charge in [0.1, 0.15) is 11.6 Å². The maximum atomic E-state index is 12.8. The van der Waals surface area contributed by atoms with Crippen molar-refractivity contribution in [1.29, 1.82) is 0 Å². The predicted molar refractivity (Wildman–Crippen MR) is 50.5 cm³/mol. The molecule has 2 aromatic rings. The van der Waals surface area contributed by atoms with Gasteiger partial charge in [0.15, 0.2) is 0 Å². The predicted octanol–water partition coefficient (Wildman–Crippen LogP) is 3.58. The molecule has 0 amide bonds. The van der Waals surface area contributed by atoms with Crippen LogP contribution in [0.3, 0.4) is 0 Å². The van der Waals surface area contributed by atoms with Gasteiger partial charge in [-0.1, -0.05) is 12.1 Å². The number of halogens is 3. The Kier molecular flexibility index (Phi) is 2.49. The van der Waals surface area contributed by atoms with Gasteiger partial charge in [-0.15, -0.1) is 0 Å². The van der Waals surface area contributed by atoms with E-state index in [0.29, 0.717) is 5.39 Å². The summed E-state index contributed by atoms with van der Waals surface area (Å²) in [5.74, 6) is -0.375. The van der Waals surface area contributed by atoms with E-state index in [1.165, 1.54) is 24.3 Å². The Balaban J connectivity index is 2.45. The zero-order valence-corrected chi connectivity index (χ0v) is 7.58. The van der Waals surface area contributed by atoms with Crippen LogP contribution >= 0.6 is 0 Å². The first kappa shape index (κ1) is 9.83. The van der Waals surface area contributed by atoms with Crippen LogP contribution in [0.1, 0.15) is 0 Å². The van der Waals surface area contributed by atoms with Gasteiger partial charge in [0, 0.05) is 0 Å². The molecule has 0 fully saturated rings. The molecule has 0 aromatic heterocycles. The molecule has 0 spiro atoms. The van der Waals surface area contributed by atoms with Crippen molar-refractivity contribution < 1.29 is 17.9 Å². The Labute approximate surface area is 84.1 Å². The zero-order chi connectivity index (χ0) is 10.8. The second kappa shape index (κ2) is 3.81. The lowest BCUT2D eigenvalue weighted by molar-refractivity contribution is -0.0497. The van der Waals surface area contributed by atoms with E-state index in [0.717, 1.165) is 5.39 Å². The van der Waals surface area contributed by atoms with Crippen LogP contribution in [-0.2, 0) is 0 Å². The van der Waals surface area contributed by atoms with E-state index < -0.39 is 12.4 Å². The largest absolute Gasteiger partial charge is 0.435 e. The molecule has 2 rings (SSSR count). The van der Waals surface area contributed by atoms with Crippen LogP contribution in [0.15, 0.2) is 36.4 Å². The third-order valence-corrected chi connectivity index (χ3v) is 2.00. The Morgan fingerprint density at radius 1 is 0.933 bits per heavy atom. The normalized spacial score (nSPS) is 10.9. The number of fused-ring (bicyclic) bond motifs is 1. The summed E-state index contributed by atoms with van der Waals surface area (Å²) in [5, 5.41) is 1.31. The van der Waals surface area contributed by atoms with Crippen molar-refractivity contribution in [3.63, 3.8) is 0 Å². The van der Waals surface area contributed by atoms with Crippen molar-refractivity contribution in [3.8, 4) is 5.75 Å². The Morgan fingerprint density at radius 2 is 1.67 bits per heavy atom. The summed E-state index contributed by atoms with van der Waals surface area (Å²) in [6.45, 7) is -2.86. The third-order valence-electron chi connectivity index (χ3n) is 2.00. The molecule has 0 N–H and O–H groups in total. The fourth-order valence-electron chi connectivity index (χ4n) is 1.37. The molecule has 4 heteroatoms. The Morgan fingerprint density at radius 3 is 2.40 bits per heavy atom. The van der Waals surface area contributed by atoms with Gasteiger partial charge >= 0.3 is 6.61 Å². The number of benzene rings is 2. The summed E-state index contributed by atoms with van der Waals surface area (Å²) in [6, 6.07) is 8.57. The maximum absolute atomic E-state index is 12.8. The number of hydrogen-bond acceptors (Lipinski definition) is 1. The molecule has 15 heavy (non-hydrogen) atoms. The maximum Gasteiger partial charge on any atom is 0.387 e. The number of hydrogen-bond donors (Lipinski definition) is 0. The summed E-state index contributed by atoms with van der Waals surface area (Å²) >= 11 is 0. The molecule has 0 radical (unpaired) electrons. The Bertz CT molecular complexity index is 482. The van der Waals surface area contributed by atoms with E-state index in [1.807, 2.05) is 0 Å². The fourth-order valence-corrected chi connectivity index (χ4v) is 1.37. The van der Waals surface area contributed by atoms with Gasteiger partial charge < -0.3 is 4.74 Å². The molecule has 0 aliphatic rings. The van der Waals surface area contributed by atoms with Gasteiger partial charge in [-0.05, 0) is 35.0 Å². The summed E-state index contributed by atoms with van der Waals surface area (Å²) in [5.41, 5.74) is 0. The van der Waals surface area contributed by atoms with Crippen LogP contribution in [0.25, 0.3) is 10.8 Å². The molecule has 0 saturated heterocycles. The van der Waals surface area contributed by atoms with Gasteiger partial charge in [0.25, 0.3) is 0 Å². The van der Waals surface area contributed by atoms with Crippen LogP contribution in [0.5, 0.6) is 5.75 Å². The van der Waals surface area contributed by atoms with Gasteiger partial charge in [-0.3, -0.25) is 0 Å². The molecule has 0 aliphatic heterocycles. The minimum absolute atomic E-state index is 0.0306. The van der Waals surface area contributed by atoms with Gasteiger partial charge in [0.2, 0.25) is 0 Å². The molecular weight excluding hydrogens is 205 g/mol. The summed E-state index contributed by atoms with van der Waals surface area (Å²) in [6.07, 6.45) is 0. The van der Waals surface area contributed by atoms with Crippen LogP contribution in [-0.4, -0.2) is 6.61 Å². The second-order valence-corrected chi connectivity index (χ2v) is 3.03. The van der Waals surface area contributed by atoms with E-state index in [2.05, 4.69) is 4.74 Å². The smallest absolute Gasteiger partial charge is 0.387 e. The first-order chi connectivity index (χ1) is 7.15. The van der Waals surface area contributed by atoms with Gasteiger partial charge in [-0.25, -0.2) is 4.39 Å². The van der Waals surface area contributed by atoms with Gasteiger partial charge in [-0.2, -0.15) is 8.78 Å². The molecule has 0 bridgehead atoms. The van der Waals surface area contributed by atoms with Crippen molar-refractivity contribution in [2.45, 2.75) is 6.61 Å². The van der Waals surface area contributed by atoms with Crippen molar-refractivity contribution in [3.05, 3.63) is 42.2 Å². The molecule has 0 heterocycles. The van der Waals surface area contributed by atoms with E-state index in [1.54, 1.807) is 12.1 Å². The van der Waals surface area contributed by atoms with Crippen molar-refractivity contribution >= 4 is 10.8 Å². The van der Waals surface area contributed by atoms with Crippen molar-refractivity contribution in [1.82, 2.24) is 0 Å². The summed E-state index contributed by atoms with van der Waals surface area (Å²) in [7, 11) is 0. The van der Waals surface area contributed by atoms with Crippen LogP contribution in [0.4, 0.5) is 13.2 Å². The lowest BCUT2D eigenvalue weighted by Gasteiger charge is -2.05. The highest BCUT2D eigenvalue weighted by Crippen LogP contribution is 2.22. The number of ether oxygens (including phenoxy) is 1. The molecule has 1 nitrogen and oxygen atoms in total. The highest BCUT2D eigenvalue weighted by molar-refractivity contribution is 5.83. The fraction of sp³-hybridized carbons (Fsp3) is 0.0909. The van der Waals surface area contributed by atoms with E-state index in [9.17, 15) is 13.2 Å². The highest BCUT2D eigenvalue weighted by Gasteiger charge is 2.04. The second-order valence-electron chi connectivity index (χ2n) is 3.03. The first-order valence-corrected chi connectivity index (χ1v) is 4.29. The van der Waals surface area contributed by atoms with Crippen LogP contribution < -0.4 is 4.74 Å². The molecular formula is C11H7F3O. The number of alkyl halides is 2. The average Bonchev–Trinajstić information content (AvgIpc) is 2.16. The standard InChI is InChI=1S/C11H7F3O/c12-9-3-1-7-2-4-10(15-11(13)14)6-8(7)5-9/h1-6,11H.